The molecule has 0 bridgehead atoms. The number of nitrogens with one attached hydrogen (secondary N) is 1. The van der Waals surface area contributed by atoms with Crippen LogP contribution in [0.3, 0.4) is 0 Å². The highest BCUT2D eigenvalue weighted by Crippen LogP contribution is 2.28. The smallest absolute Gasteiger partial charge is 0.0488 e. The minimum atomic E-state index is 0.655. The van der Waals surface area contributed by atoms with Gasteiger partial charge in [-0.25, -0.2) is 0 Å². The van der Waals surface area contributed by atoms with Crippen LogP contribution in [0.5, 0.6) is 0 Å². The molecule has 3 nitrogen and oxygen atoms in total. The molecule has 3 N–H and O–H groups in total. The van der Waals surface area contributed by atoms with Gasteiger partial charge in [0.25, 0.3) is 0 Å². The van der Waals surface area contributed by atoms with E-state index in [4.69, 9.17) is 5.73 Å². The van der Waals surface area contributed by atoms with Gasteiger partial charge in [0.1, 0.15) is 0 Å². The number of rotatable bonds is 5. The maximum atomic E-state index is 5.89. The van der Waals surface area contributed by atoms with Crippen LogP contribution >= 0.6 is 15.9 Å². The molecule has 0 saturated carbocycles. The SMILES string of the molecule is Cc1cc(NCC(C)CN2CCCC2)c(Br)cc1N. The molecule has 2 rings (SSSR count). The summed E-state index contributed by atoms with van der Waals surface area (Å²) in [4.78, 5) is 2.57. The Morgan fingerprint density at radius 2 is 2.05 bits per heavy atom. The predicted molar refractivity (Wildman–Crippen MR) is 86.6 cm³/mol. The first-order valence-electron chi connectivity index (χ1n) is 7.08. The van der Waals surface area contributed by atoms with Gasteiger partial charge >= 0.3 is 0 Å². The molecule has 0 aromatic heterocycles. The summed E-state index contributed by atoms with van der Waals surface area (Å²) in [6.45, 7) is 9.09. The maximum absolute atomic E-state index is 5.89. The zero-order valence-electron chi connectivity index (χ0n) is 11.9. The lowest BCUT2D eigenvalue weighted by atomic mass is 10.1. The summed E-state index contributed by atoms with van der Waals surface area (Å²) in [5, 5.41) is 3.53. The molecule has 1 aliphatic rings. The Bertz CT molecular complexity index is 428. The number of nitrogen functional groups attached to an aromatic ring is 1. The van der Waals surface area contributed by atoms with E-state index in [-0.39, 0.29) is 0 Å². The Morgan fingerprint density at radius 1 is 1.37 bits per heavy atom. The number of hydrogen-bond acceptors (Lipinski definition) is 3. The van der Waals surface area contributed by atoms with Gasteiger partial charge in [0.05, 0.1) is 0 Å². The van der Waals surface area contributed by atoms with Crippen molar-refractivity contribution >= 4 is 27.3 Å². The molecule has 1 aromatic rings. The van der Waals surface area contributed by atoms with Crippen LogP contribution in [0, 0.1) is 12.8 Å². The van der Waals surface area contributed by atoms with E-state index in [1.807, 2.05) is 13.0 Å². The number of halogens is 1. The molecule has 1 aromatic carbocycles. The second kappa shape index (κ2) is 6.62. The number of aryl methyl sites for hydroxylation is 1. The van der Waals surface area contributed by atoms with Crippen molar-refractivity contribution < 1.29 is 0 Å². The van der Waals surface area contributed by atoms with Crippen LogP contribution in [-0.2, 0) is 0 Å². The molecule has 1 fully saturated rings. The van der Waals surface area contributed by atoms with E-state index < -0.39 is 0 Å². The molecule has 0 aliphatic carbocycles. The Morgan fingerprint density at radius 3 is 2.74 bits per heavy atom. The van der Waals surface area contributed by atoms with E-state index in [1.54, 1.807) is 0 Å². The van der Waals surface area contributed by atoms with Crippen molar-refractivity contribution in [3.8, 4) is 0 Å². The van der Waals surface area contributed by atoms with Gasteiger partial charge in [-0.05, 0) is 72.4 Å². The second-order valence-corrected chi connectivity index (χ2v) is 6.54. The topological polar surface area (TPSA) is 41.3 Å². The van der Waals surface area contributed by atoms with E-state index in [9.17, 15) is 0 Å². The zero-order chi connectivity index (χ0) is 13.8. The Balaban J connectivity index is 1.85. The fraction of sp³-hybridized carbons (Fsp3) is 0.600. The maximum Gasteiger partial charge on any atom is 0.0488 e. The number of nitrogens with zero attached hydrogens (tertiary/aromatic N) is 1. The molecule has 1 unspecified atom stereocenters. The third-order valence-corrected chi connectivity index (χ3v) is 4.42. The summed E-state index contributed by atoms with van der Waals surface area (Å²) in [7, 11) is 0. The summed E-state index contributed by atoms with van der Waals surface area (Å²) in [5.74, 6) is 0.655. The van der Waals surface area contributed by atoms with Crippen LogP contribution in [0.15, 0.2) is 16.6 Å². The minimum absolute atomic E-state index is 0.655. The van der Waals surface area contributed by atoms with Gasteiger partial charge in [-0.1, -0.05) is 6.92 Å². The van der Waals surface area contributed by atoms with Gasteiger partial charge in [0.2, 0.25) is 0 Å². The van der Waals surface area contributed by atoms with E-state index in [2.05, 4.69) is 39.1 Å². The van der Waals surface area contributed by atoms with E-state index in [0.717, 1.165) is 28.0 Å². The molecule has 106 valence electrons. The minimum Gasteiger partial charge on any atom is -0.398 e. The standard InChI is InChI=1S/C15H24BrN3/c1-11(10-19-5-3-4-6-19)9-18-15-7-12(2)14(17)8-13(15)16/h7-8,11,18H,3-6,9-10,17H2,1-2H3. The molecule has 0 radical (unpaired) electrons. The van der Waals surface area contributed by atoms with Crippen molar-refractivity contribution in [2.75, 3.05) is 37.2 Å². The summed E-state index contributed by atoms with van der Waals surface area (Å²) in [6.07, 6.45) is 2.73. The van der Waals surface area contributed by atoms with Crippen molar-refractivity contribution in [2.45, 2.75) is 26.7 Å². The fourth-order valence-corrected chi connectivity index (χ4v) is 3.09. The molecule has 0 spiro atoms. The molecule has 1 atom stereocenters. The lowest BCUT2D eigenvalue weighted by Crippen LogP contribution is -2.28. The zero-order valence-corrected chi connectivity index (χ0v) is 13.5. The Hall–Kier alpha value is -0.740. The first kappa shape index (κ1) is 14.7. The van der Waals surface area contributed by atoms with E-state index in [0.29, 0.717) is 5.92 Å². The van der Waals surface area contributed by atoms with Crippen molar-refractivity contribution in [1.82, 2.24) is 4.90 Å². The number of benzene rings is 1. The normalized spacial score (nSPS) is 17.6. The number of nitrogens with two attached hydrogens (primary N) is 1. The van der Waals surface area contributed by atoms with Gasteiger partial charge in [-0.3, -0.25) is 0 Å². The molecular weight excluding hydrogens is 302 g/mol. The van der Waals surface area contributed by atoms with Crippen molar-refractivity contribution in [3.05, 3.63) is 22.2 Å². The summed E-state index contributed by atoms with van der Waals surface area (Å²) >= 11 is 3.57. The van der Waals surface area contributed by atoms with E-state index >= 15 is 0 Å². The Kier molecular flexibility index (Phi) is 5.11. The van der Waals surface area contributed by atoms with Gasteiger partial charge in [0.15, 0.2) is 0 Å². The highest BCUT2D eigenvalue weighted by molar-refractivity contribution is 9.10. The van der Waals surface area contributed by atoms with Crippen LogP contribution < -0.4 is 11.1 Å². The third-order valence-electron chi connectivity index (χ3n) is 3.77. The van der Waals surface area contributed by atoms with Crippen LogP contribution in [-0.4, -0.2) is 31.1 Å². The van der Waals surface area contributed by atoms with Crippen molar-refractivity contribution in [2.24, 2.45) is 5.92 Å². The molecule has 1 saturated heterocycles. The van der Waals surface area contributed by atoms with E-state index in [1.165, 1.54) is 32.5 Å². The highest BCUT2D eigenvalue weighted by Gasteiger charge is 2.14. The quantitative estimate of drug-likeness (QED) is 0.814. The summed E-state index contributed by atoms with van der Waals surface area (Å²) in [5.41, 5.74) is 8.99. The highest BCUT2D eigenvalue weighted by atomic mass is 79.9. The van der Waals surface area contributed by atoms with Gasteiger partial charge in [-0.2, -0.15) is 0 Å². The van der Waals surface area contributed by atoms with Crippen LogP contribution in [0.2, 0.25) is 0 Å². The van der Waals surface area contributed by atoms with Gasteiger partial charge in [0, 0.05) is 28.9 Å². The van der Waals surface area contributed by atoms with Crippen molar-refractivity contribution in [1.29, 1.82) is 0 Å². The number of likely N-dealkylation sites (tertiary alicyclic amines) is 1. The largest absolute Gasteiger partial charge is 0.398 e. The molecule has 0 amide bonds. The molecular formula is C15H24BrN3. The average molecular weight is 326 g/mol. The monoisotopic (exact) mass is 325 g/mol. The van der Waals surface area contributed by atoms with Crippen LogP contribution in [0.25, 0.3) is 0 Å². The molecule has 19 heavy (non-hydrogen) atoms. The Labute approximate surface area is 124 Å². The average Bonchev–Trinajstić information content (AvgIpc) is 2.85. The first-order valence-corrected chi connectivity index (χ1v) is 7.87. The van der Waals surface area contributed by atoms with Crippen LogP contribution in [0.1, 0.15) is 25.3 Å². The fourth-order valence-electron chi connectivity index (χ4n) is 2.59. The van der Waals surface area contributed by atoms with Gasteiger partial charge < -0.3 is 16.0 Å². The second-order valence-electron chi connectivity index (χ2n) is 5.68. The number of hydrogen-bond donors (Lipinski definition) is 2. The first-order chi connectivity index (χ1) is 9.06. The lowest BCUT2D eigenvalue weighted by Gasteiger charge is -2.21. The molecule has 4 heteroatoms. The van der Waals surface area contributed by atoms with Gasteiger partial charge in [-0.15, -0.1) is 0 Å². The molecule has 1 heterocycles. The van der Waals surface area contributed by atoms with Crippen LogP contribution in [0.4, 0.5) is 11.4 Å². The summed E-state index contributed by atoms with van der Waals surface area (Å²) < 4.78 is 1.05. The third kappa shape index (κ3) is 4.11. The van der Waals surface area contributed by atoms with Crippen molar-refractivity contribution in [3.63, 3.8) is 0 Å². The lowest BCUT2D eigenvalue weighted by molar-refractivity contribution is 0.294. The predicted octanol–water partition coefficient (Wildman–Crippen LogP) is 3.48. The number of anilines is 2. The molecule has 1 aliphatic heterocycles. The summed E-state index contributed by atoms with van der Waals surface area (Å²) in [6, 6.07) is 4.09.